The Kier molecular flexibility index (Phi) is 5.55. The molecule has 0 spiro atoms. The van der Waals surface area contributed by atoms with Crippen LogP contribution in [0, 0.1) is 6.92 Å². The number of amides is 2. The van der Waals surface area contributed by atoms with Crippen LogP contribution >= 0.6 is 0 Å². The molecule has 1 saturated heterocycles. The molecule has 3 heterocycles. The number of aromatic nitrogens is 4. The summed E-state index contributed by atoms with van der Waals surface area (Å²) in [6.45, 7) is 2.26. The maximum absolute atomic E-state index is 14.1. The van der Waals surface area contributed by atoms with Crippen molar-refractivity contribution in [3.63, 3.8) is 0 Å². The Bertz CT molecular complexity index is 1030. The highest BCUT2D eigenvalue weighted by atomic mass is 19.1. The van der Waals surface area contributed by atoms with Gasteiger partial charge in [-0.25, -0.2) is 9.07 Å². The minimum absolute atomic E-state index is 0.0193. The van der Waals surface area contributed by atoms with Crippen molar-refractivity contribution in [2.24, 2.45) is 0 Å². The second-order valence-electron chi connectivity index (χ2n) is 7.26. The summed E-state index contributed by atoms with van der Waals surface area (Å²) in [4.78, 5) is 26.4. The Morgan fingerprint density at radius 2 is 2.07 bits per heavy atom. The van der Waals surface area contributed by atoms with Gasteiger partial charge in [-0.1, -0.05) is 40.7 Å². The zero-order chi connectivity index (χ0) is 21.1. The molecule has 3 aromatic rings. The number of likely N-dealkylation sites (tertiary alicyclic amines) is 1. The Labute approximate surface area is 171 Å². The average molecular weight is 412 g/mol. The highest BCUT2D eigenvalue weighted by molar-refractivity contribution is 5.93. The molecule has 0 bridgehead atoms. The molecule has 1 fully saturated rings. The van der Waals surface area contributed by atoms with E-state index in [-0.39, 0.29) is 36.8 Å². The molecule has 0 radical (unpaired) electrons. The van der Waals surface area contributed by atoms with Crippen LogP contribution in [0.25, 0.3) is 0 Å². The third kappa shape index (κ3) is 4.37. The van der Waals surface area contributed by atoms with E-state index < -0.39 is 18.1 Å². The van der Waals surface area contributed by atoms with Gasteiger partial charge in [-0.2, -0.15) is 0 Å². The van der Waals surface area contributed by atoms with Crippen molar-refractivity contribution in [1.82, 2.24) is 30.4 Å². The molecule has 2 aromatic heterocycles. The maximum Gasteiger partial charge on any atom is 0.276 e. The normalized spacial score (nSPS) is 18.5. The van der Waals surface area contributed by atoms with E-state index in [1.807, 2.05) is 30.3 Å². The van der Waals surface area contributed by atoms with Crippen molar-refractivity contribution in [2.45, 2.75) is 38.6 Å². The lowest BCUT2D eigenvalue weighted by molar-refractivity contribution is 0.0703. The molecule has 0 saturated carbocycles. The van der Waals surface area contributed by atoms with Gasteiger partial charge in [0.2, 0.25) is 0 Å². The number of nitrogens with one attached hydrogen (secondary N) is 1. The standard InChI is InChI=1S/C20H21FN6O3/c1-13-7-17(24-30-13)20(29)27-10-15(21)8-16(27)11-26-12-18(23-25-26)19(28)22-9-14-5-3-2-4-6-14/h2-7,12,15-16H,8-11H2,1H3,(H,22,28). The van der Waals surface area contributed by atoms with Crippen molar-refractivity contribution in [3.05, 3.63) is 65.3 Å². The fraction of sp³-hybridized carbons (Fsp3) is 0.350. The Morgan fingerprint density at radius 3 is 2.80 bits per heavy atom. The lowest BCUT2D eigenvalue weighted by Gasteiger charge is -2.22. The van der Waals surface area contributed by atoms with Crippen LogP contribution in [-0.4, -0.2) is 55.6 Å². The average Bonchev–Trinajstić information content (AvgIpc) is 3.47. The number of nitrogens with zero attached hydrogens (tertiary/aromatic N) is 5. The molecular formula is C20H21FN6O3. The Morgan fingerprint density at radius 1 is 1.27 bits per heavy atom. The van der Waals surface area contributed by atoms with Crippen molar-refractivity contribution < 1.29 is 18.5 Å². The number of carbonyl (C=O) groups excluding carboxylic acids is 2. The van der Waals surface area contributed by atoms with Crippen molar-refractivity contribution >= 4 is 11.8 Å². The SMILES string of the molecule is Cc1cc(C(=O)N2CC(F)CC2Cn2cc(C(=O)NCc3ccccc3)nn2)no1. The molecule has 156 valence electrons. The highest BCUT2D eigenvalue weighted by Crippen LogP contribution is 2.24. The fourth-order valence-corrected chi connectivity index (χ4v) is 3.47. The van der Waals surface area contributed by atoms with Gasteiger partial charge in [-0.15, -0.1) is 5.10 Å². The third-order valence-corrected chi connectivity index (χ3v) is 4.94. The van der Waals surface area contributed by atoms with E-state index in [1.165, 1.54) is 21.8 Å². The van der Waals surface area contributed by atoms with E-state index in [1.54, 1.807) is 6.92 Å². The predicted molar refractivity (Wildman–Crippen MR) is 103 cm³/mol. The summed E-state index contributed by atoms with van der Waals surface area (Å²) in [5, 5.41) is 14.4. The van der Waals surface area contributed by atoms with Crippen LogP contribution in [0.1, 0.15) is 38.7 Å². The van der Waals surface area contributed by atoms with Crippen molar-refractivity contribution in [3.8, 4) is 0 Å². The minimum Gasteiger partial charge on any atom is -0.361 e. The summed E-state index contributed by atoms with van der Waals surface area (Å²) >= 11 is 0. The van der Waals surface area contributed by atoms with Gasteiger partial charge in [0.25, 0.3) is 11.8 Å². The van der Waals surface area contributed by atoms with E-state index in [2.05, 4.69) is 20.8 Å². The molecule has 30 heavy (non-hydrogen) atoms. The molecule has 9 nitrogen and oxygen atoms in total. The first kappa shape index (κ1) is 19.7. The lowest BCUT2D eigenvalue weighted by Crippen LogP contribution is -2.38. The van der Waals surface area contributed by atoms with Crippen molar-refractivity contribution in [2.75, 3.05) is 6.54 Å². The molecule has 1 aliphatic heterocycles. The minimum atomic E-state index is -1.14. The van der Waals surface area contributed by atoms with Gasteiger partial charge in [0.05, 0.1) is 25.3 Å². The smallest absolute Gasteiger partial charge is 0.276 e. The monoisotopic (exact) mass is 412 g/mol. The third-order valence-electron chi connectivity index (χ3n) is 4.94. The molecule has 1 aliphatic rings. The van der Waals surface area contributed by atoms with Crippen LogP contribution in [0.5, 0.6) is 0 Å². The largest absolute Gasteiger partial charge is 0.361 e. The number of hydrogen-bond acceptors (Lipinski definition) is 6. The molecule has 4 rings (SSSR count). The predicted octanol–water partition coefficient (Wildman–Crippen LogP) is 1.76. The van der Waals surface area contributed by atoms with Gasteiger partial charge in [-0.3, -0.25) is 9.59 Å². The number of alkyl halides is 1. The molecule has 2 unspecified atom stereocenters. The number of aryl methyl sites for hydroxylation is 1. The summed E-state index contributed by atoms with van der Waals surface area (Å²) in [6, 6.07) is 10.6. The number of carbonyl (C=O) groups is 2. The first-order valence-corrected chi connectivity index (χ1v) is 9.60. The Balaban J connectivity index is 1.39. The van der Waals surface area contributed by atoms with Crippen LogP contribution in [0.3, 0.4) is 0 Å². The van der Waals surface area contributed by atoms with Crippen LogP contribution in [0.15, 0.2) is 47.1 Å². The first-order chi connectivity index (χ1) is 14.5. The van der Waals surface area contributed by atoms with E-state index in [4.69, 9.17) is 4.52 Å². The van der Waals surface area contributed by atoms with Crippen LogP contribution < -0.4 is 5.32 Å². The number of benzene rings is 1. The number of halogens is 1. The quantitative estimate of drug-likeness (QED) is 0.661. The van der Waals surface area contributed by atoms with Gasteiger partial charge >= 0.3 is 0 Å². The molecule has 10 heteroatoms. The molecule has 2 atom stereocenters. The van der Waals surface area contributed by atoms with Gasteiger partial charge in [0, 0.05) is 19.0 Å². The number of rotatable bonds is 6. The molecule has 2 amide bonds. The molecule has 1 aromatic carbocycles. The summed E-state index contributed by atoms with van der Waals surface area (Å²) < 4.78 is 20.5. The summed E-state index contributed by atoms with van der Waals surface area (Å²) in [6.07, 6.45) is 0.538. The summed E-state index contributed by atoms with van der Waals surface area (Å²) in [5.74, 6) is -0.239. The van der Waals surface area contributed by atoms with Crippen LogP contribution in [0.4, 0.5) is 4.39 Å². The molecular weight excluding hydrogens is 391 g/mol. The zero-order valence-electron chi connectivity index (χ0n) is 16.4. The van der Waals surface area contributed by atoms with Crippen molar-refractivity contribution in [1.29, 1.82) is 0 Å². The second kappa shape index (κ2) is 8.44. The van der Waals surface area contributed by atoms with Gasteiger partial charge in [-0.05, 0) is 12.5 Å². The zero-order valence-corrected chi connectivity index (χ0v) is 16.4. The summed E-state index contributed by atoms with van der Waals surface area (Å²) in [7, 11) is 0. The molecule has 0 aliphatic carbocycles. The lowest BCUT2D eigenvalue weighted by atomic mass is 10.2. The summed E-state index contributed by atoms with van der Waals surface area (Å²) in [5.41, 5.74) is 1.27. The Hall–Kier alpha value is -3.56. The second-order valence-corrected chi connectivity index (χ2v) is 7.26. The van der Waals surface area contributed by atoms with Crippen LogP contribution in [-0.2, 0) is 13.1 Å². The molecule has 1 N–H and O–H groups in total. The van der Waals surface area contributed by atoms with E-state index in [9.17, 15) is 14.0 Å². The fourth-order valence-electron chi connectivity index (χ4n) is 3.47. The van der Waals surface area contributed by atoms with E-state index in [0.717, 1.165) is 5.56 Å². The number of hydrogen-bond donors (Lipinski definition) is 1. The highest BCUT2D eigenvalue weighted by Gasteiger charge is 2.37. The maximum atomic E-state index is 14.1. The van der Waals surface area contributed by atoms with Gasteiger partial charge < -0.3 is 14.7 Å². The topological polar surface area (TPSA) is 106 Å². The van der Waals surface area contributed by atoms with Crippen LogP contribution in [0.2, 0.25) is 0 Å². The van der Waals surface area contributed by atoms with E-state index in [0.29, 0.717) is 12.3 Å². The van der Waals surface area contributed by atoms with Gasteiger partial charge in [0.15, 0.2) is 11.4 Å². The first-order valence-electron chi connectivity index (χ1n) is 9.60. The van der Waals surface area contributed by atoms with Gasteiger partial charge in [0.1, 0.15) is 11.9 Å². The van der Waals surface area contributed by atoms with E-state index >= 15 is 0 Å².